The van der Waals surface area contributed by atoms with Crippen molar-refractivity contribution in [1.29, 1.82) is 0 Å². The minimum Gasteiger partial charge on any atom is -0.295 e. The van der Waals surface area contributed by atoms with E-state index in [0.29, 0.717) is 4.75 Å². The lowest BCUT2D eigenvalue weighted by Gasteiger charge is -2.06. The molecule has 2 heteroatoms. The molecule has 6 heavy (non-hydrogen) atoms. The average Bonchev–Trinajstić information content (AvgIpc) is 1.35. The molecule has 0 atom stereocenters. The van der Waals surface area contributed by atoms with Crippen molar-refractivity contribution in [2.24, 2.45) is 0 Å². The van der Waals surface area contributed by atoms with Crippen LogP contribution in [0.5, 0.6) is 0 Å². The van der Waals surface area contributed by atoms with E-state index in [4.69, 9.17) is 0 Å². The van der Waals surface area contributed by atoms with Gasteiger partial charge in [0.25, 0.3) is 0 Å². The molecule has 3 N–H and O–H groups in total. The van der Waals surface area contributed by atoms with Crippen LogP contribution in [-0.4, -0.2) is 4.75 Å². The molecule has 0 heterocycles. The van der Waals surface area contributed by atoms with Crippen LogP contribution in [0.1, 0.15) is 20.8 Å². The van der Waals surface area contributed by atoms with Crippen molar-refractivity contribution < 1.29 is 5.14 Å². The van der Waals surface area contributed by atoms with Crippen molar-refractivity contribution in [3.63, 3.8) is 0 Å². The van der Waals surface area contributed by atoms with Gasteiger partial charge in [0, 0.05) is 0 Å². The van der Waals surface area contributed by atoms with Crippen LogP contribution >= 0.6 is 11.9 Å². The third-order valence-corrected chi connectivity index (χ3v) is 1.30. The van der Waals surface area contributed by atoms with Crippen molar-refractivity contribution in [3.8, 4) is 0 Å². The van der Waals surface area contributed by atoms with E-state index in [-0.39, 0.29) is 0 Å². The van der Waals surface area contributed by atoms with Crippen LogP contribution in [0.3, 0.4) is 0 Å². The first-order valence-electron chi connectivity index (χ1n) is 1.99. The van der Waals surface area contributed by atoms with Crippen molar-refractivity contribution >= 4 is 11.9 Å². The lowest BCUT2D eigenvalue weighted by Crippen LogP contribution is -2.42. The Bertz CT molecular complexity index is 37.3. The number of quaternary nitrogens is 1. The minimum atomic E-state index is 0.347. The molecule has 0 rings (SSSR count). The normalized spacial score (nSPS) is 12.0. The molecule has 0 fully saturated rings. The summed E-state index contributed by atoms with van der Waals surface area (Å²) in [5.74, 6) is 0. The molecule has 0 saturated carbocycles. The van der Waals surface area contributed by atoms with Crippen LogP contribution in [-0.2, 0) is 0 Å². The molecule has 0 aliphatic heterocycles. The molecule has 0 saturated heterocycles. The Kier molecular flexibility index (Phi) is 1.94. The highest BCUT2D eigenvalue weighted by molar-refractivity contribution is 7.93. The fourth-order valence-electron chi connectivity index (χ4n) is 0. The fraction of sp³-hybridized carbons (Fsp3) is 1.00. The van der Waals surface area contributed by atoms with Crippen LogP contribution in [0, 0.1) is 0 Å². The predicted molar refractivity (Wildman–Crippen MR) is 30.2 cm³/mol. The van der Waals surface area contributed by atoms with Crippen molar-refractivity contribution in [2.75, 3.05) is 0 Å². The summed E-state index contributed by atoms with van der Waals surface area (Å²) in [7, 11) is 0. The van der Waals surface area contributed by atoms with E-state index in [9.17, 15) is 0 Å². The van der Waals surface area contributed by atoms with Crippen LogP contribution in [0.25, 0.3) is 0 Å². The number of hydrogen-bond donors (Lipinski definition) is 1. The maximum atomic E-state index is 3.67. The Morgan fingerprint density at radius 2 is 1.50 bits per heavy atom. The van der Waals surface area contributed by atoms with E-state index in [1.807, 2.05) is 0 Å². The van der Waals surface area contributed by atoms with Crippen LogP contribution in [0.4, 0.5) is 0 Å². The summed E-state index contributed by atoms with van der Waals surface area (Å²) < 4.78 is 0.347. The molecule has 0 spiro atoms. The Morgan fingerprint density at radius 3 is 1.50 bits per heavy atom. The number of hydrogen-bond acceptors (Lipinski definition) is 1. The smallest absolute Gasteiger partial charge is 0.0747 e. The Balaban J connectivity index is 3.17. The molecule has 0 aromatic rings. The first-order valence-corrected chi connectivity index (χ1v) is 2.98. The lowest BCUT2D eigenvalue weighted by atomic mass is 10.3. The topological polar surface area (TPSA) is 27.6 Å². The Morgan fingerprint density at radius 1 is 1.33 bits per heavy atom. The number of rotatable bonds is 0. The molecular weight excluding hydrogens is 94.1 g/mol. The maximum absolute atomic E-state index is 3.67. The van der Waals surface area contributed by atoms with Gasteiger partial charge < -0.3 is 0 Å². The zero-order valence-electron chi connectivity index (χ0n) is 4.62. The van der Waals surface area contributed by atoms with Gasteiger partial charge in [-0.15, -0.1) is 0 Å². The summed E-state index contributed by atoms with van der Waals surface area (Å²) in [4.78, 5) is 0. The SMILES string of the molecule is CC(C)(C)S[NH3+]. The first-order chi connectivity index (χ1) is 2.56. The van der Waals surface area contributed by atoms with Gasteiger partial charge in [0.1, 0.15) is 0 Å². The van der Waals surface area contributed by atoms with E-state index in [1.165, 1.54) is 0 Å². The van der Waals surface area contributed by atoms with Gasteiger partial charge in [0.2, 0.25) is 0 Å². The zero-order chi connectivity index (χ0) is 5.21. The predicted octanol–water partition coefficient (Wildman–Crippen LogP) is 0.675. The van der Waals surface area contributed by atoms with Crippen LogP contribution in [0.15, 0.2) is 0 Å². The summed E-state index contributed by atoms with van der Waals surface area (Å²) in [6.45, 7) is 6.43. The van der Waals surface area contributed by atoms with E-state index in [0.717, 1.165) is 0 Å². The third kappa shape index (κ3) is 4.31. The second-order valence-electron chi connectivity index (χ2n) is 2.26. The summed E-state index contributed by atoms with van der Waals surface area (Å²) in [5, 5.41) is 3.67. The molecular formula is C4H12NS+. The largest absolute Gasteiger partial charge is 0.295 e. The quantitative estimate of drug-likeness (QED) is 0.452. The van der Waals surface area contributed by atoms with E-state index >= 15 is 0 Å². The van der Waals surface area contributed by atoms with Gasteiger partial charge in [0.15, 0.2) is 0 Å². The molecule has 0 aliphatic rings. The fourth-order valence-corrected chi connectivity index (χ4v) is 0. The molecule has 0 bridgehead atoms. The highest BCUT2D eigenvalue weighted by Gasteiger charge is 2.09. The first kappa shape index (κ1) is 6.31. The molecule has 0 amide bonds. The van der Waals surface area contributed by atoms with Crippen LogP contribution in [0.2, 0.25) is 0 Å². The van der Waals surface area contributed by atoms with E-state index in [2.05, 4.69) is 25.9 Å². The highest BCUT2D eigenvalue weighted by Crippen LogP contribution is 2.13. The summed E-state index contributed by atoms with van der Waals surface area (Å²) >= 11 is 1.63. The lowest BCUT2D eigenvalue weighted by molar-refractivity contribution is -0.140. The average molecular weight is 106 g/mol. The van der Waals surface area contributed by atoms with Crippen LogP contribution < -0.4 is 5.14 Å². The molecule has 0 aromatic heterocycles. The molecule has 38 valence electrons. The highest BCUT2D eigenvalue weighted by atomic mass is 32.2. The summed E-state index contributed by atoms with van der Waals surface area (Å²) in [6.07, 6.45) is 0. The van der Waals surface area contributed by atoms with Crippen molar-refractivity contribution in [1.82, 2.24) is 0 Å². The van der Waals surface area contributed by atoms with Gasteiger partial charge in [-0.2, -0.15) is 0 Å². The van der Waals surface area contributed by atoms with Gasteiger partial charge in [-0.1, -0.05) is 0 Å². The van der Waals surface area contributed by atoms with Crippen molar-refractivity contribution in [3.05, 3.63) is 0 Å². The molecule has 0 aliphatic carbocycles. The molecule has 0 aromatic carbocycles. The monoisotopic (exact) mass is 106 g/mol. The standard InChI is InChI=1S/C4H11NS/c1-4(2,3)6-5/h5H2,1-3H3/p+1. The van der Waals surface area contributed by atoms with E-state index in [1.54, 1.807) is 11.9 Å². The van der Waals surface area contributed by atoms with Gasteiger partial charge in [-0.3, -0.25) is 5.14 Å². The summed E-state index contributed by atoms with van der Waals surface area (Å²) in [6, 6.07) is 0. The van der Waals surface area contributed by atoms with Crippen molar-refractivity contribution in [2.45, 2.75) is 25.5 Å². The molecule has 0 unspecified atom stereocenters. The second kappa shape index (κ2) is 1.85. The summed E-state index contributed by atoms with van der Waals surface area (Å²) in [5.41, 5.74) is 0. The maximum Gasteiger partial charge on any atom is 0.0747 e. The minimum absolute atomic E-state index is 0.347. The Labute approximate surface area is 43.4 Å². The van der Waals surface area contributed by atoms with E-state index < -0.39 is 0 Å². The molecule has 0 radical (unpaired) electrons. The zero-order valence-corrected chi connectivity index (χ0v) is 5.43. The van der Waals surface area contributed by atoms with Gasteiger partial charge in [-0.05, 0) is 20.8 Å². The van der Waals surface area contributed by atoms with Gasteiger partial charge in [-0.25, -0.2) is 0 Å². The van der Waals surface area contributed by atoms with Gasteiger partial charge >= 0.3 is 0 Å². The second-order valence-corrected chi connectivity index (χ2v) is 3.77. The Hall–Kier alpha value is 0.310. The third-order valence-electron chi connectivity index (χ3n) is 0.433. The molecule has 1 nitrogen and oxygen atoms in total. The van der Waals surface area contributed by atoms with Gasteiger partial charge in [0.05, 0.1) is 16.7 Å².